The van der Waals surface area contributed by atoms with Gasteiger partial charge in [-0.2, -0.15) is 0 Å². The molecule has 0 saturated heterocycles. The van der Waals surface area contributed by atoms with Crippen LogP contribution in [0.25, 0.3) is 0 Å². The molecule has 1 aliphatic carbocycles. The number of carboxylic acids is 1. The van der Waals surface area contributed by atoms with Crippen molar-refractivity contribution in [1.29, 1.82) is 0 Å². The molecule has 0 radical (unpaired) electrons. The molecular formula is C17H34N2O2. The molecule has 1 unspecified atom stereocenters. The first-order chi connectivity index (χ1) is 10.0. The van der Waals surface area contributed by atoms with Crippen molar-refractivity contribution in [3.63, 3.8) is 0 Å². The minimum atomic E-state index is -0.736. The summed E-state index contributed by atoms with van der Waals surface area (Å²) in [6.45, 7) is 6.81. The van der Waals surface area contributed by atoms with Crippen LogP contribution < -0.4 is 5.32 Å². The van der Waals surface area contributed by atoms with Gasteiger partial charge in [0.2, 0.25) is 0 Å². The zero-order valence-corrected chi connectivity index (χ0v) is 14.2. The van der Waals surface area contributed by atoms with Crippen LogP contribution in [0.3, 0.4) is 0 Å². The van der Waals surface area contributed by atoms with Gasteiger partial charge in [-0.25, -0.2) is 0 Å². The fourth-order valence-electron chi connectivity index (χ4n) is 3.61. The van der Waals surface area contributed by atoms with Crippen LogP contribution in [0.1, 0.15) is 65.2 Å². The van der Waals surface area contributed by atoms with E-state index >= 15 is 0 Å². The maximum atomic E-state index is 11.6. The molecule has 4 heteroatoms. The molecule has 1 aliphatic rings. The summed E-state index contributed by atoms with van der Waals surface area (Å²) in [4.78, 5) is 14.0. The van der Waals surface area contributed by atoms with Gasteiger partial charge in [0.15, 0.2) is 0 Å². The SMILES string of the molecule is CCNC(CC)(CCCN(C)CC1CCCCC1)C(=O)O. The standard InChI is InChI=1S/C17H34N2O2/c1-4-17(16(20)21,18-5-2)12-9-13-19(3)14-15-10-7-6-8-11-15/h15,18H,4-14H2,1-3H3,(H,20,21). The van der Waals surface area contributed by atoms with E-state index in [1.165, 1.54) is 38.6 Å². The third kappa shape index (κ3) is 5.95. The number of aliphatic carboxylic acids is 1. The second-order valence-electron chi connectivity index (χ2n) is 6.64. The quantitative estimate of drug-likeness (QED) is 0.650. The van der Waals surface area contributed by atoms with Gasteiger partial charge in [-0.1, -0.05) is 33.1 Å². The maximum Gasteiger partial charge on any atom is 0.323 e. The summed E-state index contributed by atoms with van der Waals surface area (Å²) in [5, 5.41) is 12.7. The number of nitrogens with zero attached hydrogens (tertiary/aromatic N) is 1. The Morgan fingerprint density at radius 3 is 2.48 bits per heavy atom. The van der Waals surface area contributed by atoms with Crippen molar-refractivity contribution in [1.82, 2.24) is 10.2 Å². The number of carbonyl (C=O) groups is 1. The molecule has 0 amide bonds. The van der Waals surface area contributed by atoms with Crippen molar-refractivity contribution < 1.29 is 9.90 Å². The third-order valence-electron chi connectivity index (χ3n) is 4.97. The molecule has 0 aromatic rings. The normalized spacial score (nSPS) is 19.6. The molecule has 1 fully saturated rings. The topological polar surface area (TPSA) is 52.6 Å². The Labute approximate surface area is 130 Å². The third-order valence-corrected chi connectivity index (χ3v) is 4.97. The lowest BCUT2D eigenvalue weighted by atomic mass is 9.88. The van der Waals surface area contributed by atoms with E-state index in [0.717, 1.165) is 18.9 Å². The molecule has 1 atom stereocenters. The summed E-state index contributed by atoms with van der Waals surface area (Å²) in [5.74, 6) is 0.148. The average molecular weight is 298 g/mol. The zero-order valence-electron chi connectivity index (χ0n) is 14.2. The first-order valence-electron chi connectivity index (χ1n) is 8.71. The molecule has 21 heavy (non-hydrogen) atoms. The van der Waals surface area contributed by atoms with Crippen molar-refractivity contribution >= 4 is 5.97 Å². The highest BCUT2D eigenvalue weighted by molar-refractivity contribution is 5.78. The molecule has 2 N–H and O–H groups in total. The van der Waals surface area contributed by atoms with E-state index in [2.05, 4.69) is 17.3 Å². The van der Waals surface area contributed by atoms with E-state index in [9.17, 15) is 9.90 Å². The molecule has 0 aliphatic heterocycles. The molecular weight excluding hydrogens is 264 g/mol. The van der Waals surface area contributed by atoms with E-state index in [1.54, 1.807) is 0 Å². The molecule has 0 bridgehead atoms. The predicted octanol–water partition coefficient (Wildman–Crippen LogP) is 3.12. The van der Waals surface area contributed by atoms with E-state index in [0.29, 0.717) is 19.4 Å². The van der Waals surface area contributed by atoms with Crippen LogP contribution >= 0.6 is 0 Å². The van der Waals surface area contributed by atoms with Gasteiger partial charge >= 0.3 is 5.97 Å². The Kier molecular flexibility index (Phi) is 8.27. The van der Waals surface area contributed by atoms with E-state index in [1.807, 2.05) is 13.8 Å². The molecule has 0 heterocycles. The number of hydrogen-bond acceptors (Lipinski definition) is 3. The van der Waals surface area contributed by atoms with Crippen molar-refractivity contribution in [3.8, 4) is 0 Å². The summed E-state index contributed by atoms with van der Waals surface area (Å²) >= 11 is 0. The van der Waals surface area contributed by atoms with Gasteiger partial charge in [-0.3, -0.25) is 4.79 Å². The Morgan fingerprint density at radius 2 is 1.95 bits per heavy atom. The van der Waals surface area contributed by atoms with Crippen LogP contribution in [0.2, 0.25) is 0 Å². The van der Waals surface area contributed by atoms with Crippen LogP contribution in [-0.2, 0) is 4.79 Å². The molecule has 124 valence electrons. The van der Waals surface area contributed by atoms with Crippen LogP contribution in [-0.4, -0.2) is 48.2 Å². The smallest absolute Gasteiger partial charge is 0.323 e. The molecule has 4 nitrogen and oxygen atoms in total. The minimum absolute atomic E-state index is 0.641. The summed E-state index contributed by atoms with van der Waals surface area (Å²) in [6, 6.07) is 0. The van der Waals surface area contributed by atoms with Gasteiger partial charge < -0.3 is 15.3 Å². The highest BCUT2D eigenvalue weighted by Gasteiger charge is 2.35. The molecule has 1 rings (SSSR count). The molecule has 0 spiro atoms. The van der Waals surface area contributed by atoms with Gasteiger partial charge in [0.05, 0.1) is 0 Å². The van der Waals surface area contributed by atoms with E-state index < -0.39 is 11.5 Å². The first-order valence-corrected chi connectivity index (χ1v) is 8.71. The molecule has 0 aromatic heterocycles. The maximum absolute atomic E-state index is 11.6. The second kappa shape index (κ2) is 9.42. The number of rotatable bonds is 10. The second-order valence-corrected chi connectivity index (χ2v) is 6.64. The first kappa shape index (κ1) is 18.4. The zero-order chi connectivity index (χ0) is 15.7. The highest BCUT2D eigenvalue weighted by Crippen LogP contribution is 2.24. The van der Waals surface area contributed by atoms with Crippen LogP contribution in [0, 0.1) is 5.92 Å². The van der Waals surface area contributed by atoms with E-state index in [-0.39, 0.29) is 0 Å². The number of hydrogen-bond donors (Lipinski definition) is 2. The fraction of sp³-hybridized carbons (Fsp3) is 0.941. The van der Waals surface area contributed by atoms with Gasteiger partial charge in [0.1, 0.15) is 5.54 Å². The lowest BCUT2D eigenvalue weighted by Gasteiger charge is -2.31. The largest absolute Gasteiger partial charge is 0.480 e. The van der Waals surface area contributed by atoms with Crippen LogP contribution in [0.5, 0.6) is 0 Å². The number of nitrogens with one attached hydrogen (secondary N) is 1. The van der Waals surface area contributed by atoms with Crippen molar-refractivity contribution in [2.24, 2.45) is 5.92 Å². The minimum Gasteiger partial charge on any atom is -0.480 e. The van der Waals surface area contributed by atoms with E-state index in [4.69, 9.17) is 0 Å². The molecule has 1 saturated carbocycles. The Hall–Kier alpha value is -0.610. The lowest BCUT2D eigenvalue weighted by Crippen LogP contribution is -2.51. The molecule has 0 aromatic carbocycles. The highest BCUT2D eigenvalue weighted by atomic mass is 16.4. The Bertz CT molecular complexity index is 303. The van der Waals surface area contributed by atoms with Gasteiger partial charge in [-0.15, -0.1) is 0 Å². The average Bonchev–Trinajstić information content (AvgIpc) is 2.47. The monoisotopic (exact) mass is 298 g/mol. The Balaban J connectivity index is 2.33. The van der Waals surface area contributed by atoms with Crippen LogP contribution in [0.15, 0.2) is 0 Å². The van der Waals surface area contributed by atoms with Crippen molar-refractivity contribution in [2.45, 2.75) is 70.8 Å². The summed E-state index contributed by atoms with van der Waals surface area (Å²) in [6.07, 6.45) is 9.21. The van der Waals surface area contributed by atoms with Crippen molar-refractivity contribution in [2.75, 3.05) is 26.7 Å². The fourth-order valence-corrected chi connectivity index (χ4v) is 3.61. The summed E-state index contributed by atoms with van der Waals surface area (Å²) in [7, 11) is 2.18. The summed E-state index contributed by atoms with van der Waals surface area (Å²) in [5.41, 5.74) is -0.736. The van der Waals surface area contributed by atoms with Gasteiger partial charge in [-0.05, 0) is 58.2 Å². The number of carboxylic acid groups (broad SMARTS) is 1. The summed E-state index contributed by atoms with van der Waals surface area (Å²) < 4.78 is 0. The number of likely N-dealkylation sites (N-methyl/N-ethyl adjacent to an activating group) is 1. The van der Waals surface area contributed by atoms with Gasteiger partial charge in [0, 0.05) is 6.54 Å². The van der Waals surface area contributed by atoms with Crippen molar-refractivity contribution in [3.05, 3.63) is 0 Å². The predicted molar refractivity (Wildman–Crippen MR) is 87.6 cm³/mol. The lowest BCUT2D eigenvalue weighted by molar-refractivity contribution is -0.145. The van der Waals surface area contributed by atoms with Gasteiger partial charge in [0.25, 0.3) is 0 Å². The Morgan fingerprint density at radius 1 is 1.29 bits per heavy atom. The van der Waals surface area contributed by atoms with Crippen LogP contribution in [0.4, 0.5) is 0 Å².